The van der Waals surface area contributed by atoms with Crippen LogP contribution >= 0.6 is 0 Å². The highest BCUT2D eigenvalue weighted by Crippen LogP contribution is 2.50. The van der Waals surface area contributed by atoms with E-state index >= 15 is 0 Å². The molecule has 2 rings (SSSR count). The van der Waals surface area contributed by atoms with E-state index in [4.69, 9.17) is 5.73 Å². The van der Waals surface area contributed by atoms with Crippen molar-refractivity contribution in [3.8, 4) is 0 Å². The van der Waals surface area contributed by atoms with Crippen LogP contribution in [0.5, 0.6) is 0 Å². The number of hydrogen-bond acceptors (Lipinski definition) is 2. The monoisotopic (exact) mass is 177 g/mol. The summed E-state index contributed by atoms with van der Waals surface area (Å²) in [4.78, 5) is 0. The first-order valence-corrected chi connectivity index (χ1v) is 4.62. The fraction of sp³-hybridized carbons (Fsp3) is 0.500. The van der Waals surface area contributed by atoms with Crippen molar-refractivity contribution in [2.24, 2.45) is 5.73 Å². The van der Waals surface area contributed by atoms with Crippen LogP contribution in [-0.2, 0) is 5.41 Å². The summed E-state index contributed by atoms with van der Waals surface area (Å²) in [7, 11) is 0. The Hall–Kier alpha value is -1.09. The summed E-state index contributed by atoms with van der Waals surface area (Å²) in [6.07, 6.45) is 7.99. The fourth-order valence-corrected chi connectivity index (χ4v) is 1.84. The smallest absolute Gasteiger partial charge is 0.0532 e. The molecule has 1 aliphatic carbocycles. The second kappa shape index (κ2) is 2.70. The van der Waals surface area contributed by atoms with Crippen molar-refractivity contribution in [1.82, 2.24) is 9.78 Å². The van der Waals surface area contributed by atoms with Crippen molar-refractivity contribution in [1.29, 1.82) is 0 Å². The highest BCUT2D eigenvalue weighted by atomic mass is 15.2. The molecule has 3 heteroatoms. The number of nitrogens with zero attached hydrogens (tertiary/aromatic N) is 2. The molecule has 1 aliphatic rings. The summed E-state index contributed by atoms with van der Waals surface area (Å²) in [5, 5.41) is 4.17. The van der Waals surface area contributed by atoms with E-state index in [1.807, 2.05) is 12.4 Å². The van der Waals surface area contributed by atoms with Gasteiger partial charge < -0.3 is 5.73 Å². The summed E-state index contributed by atoms with van der Waals surface area (Å²) in [6, 6.07) is 0.218. The first kappa shape index (κ1) is 8.51. The lowest BCUT2D eigenvalue weighted by molar-refractivity contribution is 0.556. The molecule has 0 radical (unpaired) electrons. The van der Waals surface area contributed by atoms with E-state index in [9.17, 15) is 0 Å². The fourth-order valence-electron chi connectivity index (χ4n) is 1.84. The summed E-state index contributed by atoms with van der Waals surface area (Å²) >= 11 is 0. The molecule has 0 spiro atoms. The number of nitrogens with two attached hydrogens (primary N) is 1. The summed E-state index contributed by atoms with van der Waals surface area (Å²) in [5.41, 5.74) is 7.41. The molecule has 1 unspecified atom stereocenters. The van der Waals surface area contributed by atoms with Gasteiger partial charge in [0.25, 0.3) is 0 Å². The van der Waals surface area contributed by atoms with Crippen molar-refractivity contribution >= 4 is 6.20 Å². The Morgan fingerprint density at radius 2 is 2.46 bits per heavy atom. The predicted molar refractivity (Wildman–Crippen MR) is 53.2 cm³/mol. The maximum Gasteiger partial charge on any atom is 0.0532 e. The molecule has 3 nitrogen and oxygen atoms in total. The van der Waals surface area contributed by atoms with Gasteiger partial charge in [-0.3, -0.25) is 0 Å². The van der Waals surface area contributed by atoms with E-state index in [-0.39, 0.29) is 11.5 Å². The minimum atomic E-state index is 0.210. The van der Waals surface area contributed by atoms with Gasteiger partial charge in [-0.05, 0) is 25.3 Å². The molecule has 0 amide bonds. The van der Waals surface area contributed by atoms with Gasteiger partial charge in [0, 0.05) is 23.9 Å². The average molecular weight is 177 g/mol. The highest BCUT2D eigenvalue weighted by Gasteiger charge is 2.48. The van der Waals surface area contributed by atoms with Crippen molar-refractivity contribution in [3.05, 3.63) is 24.5 Å². The second-order valence-electron chi connectivity index (χ2n) is 3.84. The molecule has 1 atom stereocenters. The van der Waals surface area contributed by atoms with E-state index in [1.165, 1.54) is 18.4 Å². The zero-order chi connectivity index (χ0) is 9.47. The van der Waals surface area contributed by atoms with Crippen LogP contribution in [-0.4, -0.2) is 15.8 Å². The molecular formula is C10H15N3. The Kier molecular flexibility index (Phi) is 1.77. The zero-order valence-corrected chi connectivity index (χ0v) is 7.90. The molecule has 0 aliphatic heterocycles. The number of aromatic nitrogens is 2. The lowest BCUT2D eigenvalue weighted by Gasteiger charge is -2.17. The number of rotatable bonds is 3. The average Bonchev–Trinajstić information content (AvgIpc) is 2.79. The van der Waals surface area contributed by atoms with Crippen LogP contribution in [0.2, 0.25) is 0 Å². The molecule has 1 aromatic rings. The minimum Gasteiger partial charge on any atom is -0.327 e. The van der Waals surface area contributed by atoms with E-state index in [0.29, 0.717) is 0 Å². The molecule has 1 saturated carbocycles. The predicted octanol–water partition coefficient (Wildman–Crippen LogP) is 1.36. The Balaban J connectivity index is 2.30. The minimum absolute atomic E-state index is 0.210. The van der Waals surface area contributed by atoms with Gasteiger partial charge in [0.05, 0.1) is 6.20 Å². The topological polar surface area (TPSA) is 43.8 Å². The normalized spacial score (nSPS) is 21.1. The van der Waals surface area contributed by atoms with E-state index in [2.05, 4.69) is 18.6 Å². The van der Waals surface area contributed by atoms with Crippen LogP contribution in [0, 0.1) is 0 Å². The van der Waals surface area contributed by atoms with E-state index in [0.717, 1.165) is 0 Å². The molecule has 0 saturated heterocycles. The van der Waals surface area contributed by atoms with E-state index < -0.39 is 0 Å². The maximum atomic E-state index is 5.95. The Morgan fingerprint density at radius 3 is 2.85 bits per heavy atom. The number of hydrogen-bond donors (Lipinski definition) is 1. The van der Waals surface area contributed by atoms with Gasteiger partial charge in [-0.15, -0.1) is 0 Å². The van der Waals surface area contributed by atoms with Gasteiger partial charge in [0.2, 0.25) is 0 Å². The van der Waals surface area contributed by atoms with Crippen molar-refractivity contribution in [2.75, 3.05) is 0 Å². The van der Waals surface area contributed by atoms with Crippen LogP contribution in [0.15, 0.2) is 19.0 Å². The third kappa shape index (κ3) is 1.20. The zero-order valence-electron chi connectivity index (χ0n) is 7.90. The largest absolute Gasteiger partial charge is 0.327 e. The Labute approximate surface area is 78.2 Å². The molecule has 1 aromatic heterocycles. The maximum absolute atomic E-state index is 5.95. The van der Waals surface area contributed by atoms with Crippen LogP contribution in [0.4, 0.5) is 0 Å². The Bertz CT molecular complexity index is 321. The van der Waals surface area contributed by atoms with Crippen LogP contribution in [0.25, 0.3) is 6.20 Å². The standard InChI is InChI=1S/C10H15N3/c1-3-13-7-9(6-12-13)10(4-5-10)8(2)11/h3,6-8H,1,4-5,11H2,2H3. The van der Waals surface area contributed by atoms with Crippen LogP contribution < -0.4 is 5.73 Å². The summed E-state index contributed by atoms with van der Waals surface area (Å²) < 4.78 is 1.73. The third-order valence-electron chi connectivity index (χ3n) is 3.02. The van der Waals surface area contributed by atoms with Crippen LogP contribution in [0.3, 0.4) is 0 Å². The van der Waals surface area contributed by atoms with Crippen molar-refractivity contribution in [3.63, 3.8) is 0 Å². The van der Waals surface area contributed by atoms with E-state index in [1.54, 1.807) is 10.9 Å². The van der Waals surface area contributed by atoms with Gasteiger partial charge >= 0.3 is 0 Å². The van der Waals surface area contributed by atoms with Gasteiger partial charge in [0.1, 0.15) is 0 Å². The Morgan fingerprint density at radius 1 is 1.77 bits per heavy atom. The molecule has 1 fully saturated rings. The summed E-state index contributed by atoms with van der Waals surface area (Å²) in [5.74, 6) is 0. The SMILES string of the molecule is C=Cn1cc(C2(C(C)N)CC2)cn1. The molecule has 70 valence electrons. The first-order valence-electron chi connectivity index (χ1n) is 4.62. The van der Waals surface area contributed by atoms with Gasteiger partial charge in [0.15, 0.2) is 0 Å². The summed E-state index contributed by atoms with van der Waals surface area (Å²) in [6.45, 7) is 5.73. The van der Waals surface area contributed by atoms with Crippen molar-refractivity contribution in [2.45, 2.75) is 31.2 Å². The third-order valence-corrected chi connectivity index (χ3v) is 3.02. The van der Waals surface area contributed by atoms with Crippen LogP contribution in [0.1, 0.15) is 25.3 Å². The molecule has 0 bridgehead atoms. The molecular weight excluding hydrogens is 162 g/mol. The van der Waals surface area contributed by atoms with Crippen molar-refractivity contribution < 1.29 is 0 Å². The molecule has 2 N–H and O–H groups in total. The first-order chi connectivity index (χ1) is 6.19. The lowest BCUT2D eigenvalue weighted by atomic mass is 9.92. The molecule has 1 heterocycles. The lowest BCUT2D eigenvalue weighted by Crippen LogP contribution is -2.31. The molecule has 13 heavy (non-hydrogen) atoms. The second-order valence-corrected chi connectivity index (χ2v) is 3.84. The molecule has 0 aromatic carbocycles. The van der Waals surface area contributed by atoms with Gasteiger partial charge in [-0.2, -0.15) is 5.10 Å². The van der Waals surface area contributed by atoms with Gasteiger partial charge in [-0.1, -0.05) is 6.58 Å². The highest BCUT2D eigenvalue weighted by molar-refractivity contribution is 5.32. The quantitative estimate of drug-likeness (QED) is 0.757. The van der Waals surface area contributed by atoms with Gasteiger partial charge in [-0.25, -0.2) is 4.68 Å².